The molecule has 0 fully saturated rings. The van der Waals surface area contributed by atoms with Crippen molar-refractivity contribution in [3.63, 3.8) is 0 Å². The molecule has 6 heteroatoms. The van der Waals surface area contributed by atoms with Crippen molar-refractivity contribution < 1.29 is 22.7 Å². The van der Waals surface area contributed by atoms with Crippen LogP contribution in [0.25, 0.3) is 11.1 Å². The first kappa shape index (κ1) is 25.1. The van der Waals surface area contributed by atoms with E-state index in [4.69, 9.17) is 4.74 Å². The minimum absolute atomic E-state index is 0.0177. The van der Waals surface area contributed by atoms with E-state index in [0.29, 0.717) is 13.0 Å². The summed E-state index contributed by atoms with van der Waals surface area (Å²) >= 11 is 0. The van der Waals surface area contributed by atoms with E-state index in [9.17, 15) is 18.0 Å². The molecule has 35 heavy (non-hydrogen) atoms. The van der Waals surface area contributed by atoms with Gasteiger partial charge in [-0.1, -0.05) is 55.8 Å². The molecule has 1 aromatic heterocycles. The Kier molecular flexibility index (Phi) is 7.68. The van der Waals surface area contributed by atoms with E-state index in [-0.39, 0.29) is 17.9 Å². The highest BCUT2D eigenvalue weighted by Crippen LogP contribution is 2.44. The van der Waals surface area contributed by atoms with Crippen molar-refractivity contribution in [1.29, 1.82) is 0 Å². The summed E-state index contributed by atoms with van der Waals surface area (Å²) in [4.78, 5) is 12.5. The summed E-state index contributed by atoms with van der Waals surface area (Å²) < 4.78 is 47.1. The van der Waals surface area contributed by atoms with Gasteiger partial charge < -0.3 is 9.30 Å². The molecule has 0 saturated heterocycles. The van der Waals surface area contributed by atoms with Crippen molar-refractivity contribution in [1.82, 2.24) is 4.57 Å². The minimum Gasteiger partial charge on any atom is -0.466 e. The average molecular weight is 484 g/mol. The van der Waals surface area contributed by atoms with Gasteiger partial charge in [0.1, 0.15) is 0 Å². The molecular formula is C29H32F3NO2. The highest BCUT2D eigenvalue weighted by atomic mass is 19.4. The number of fused-ring (bicyclic) bond motifs is 1. The van der Waals surface area contributed by atoms with Gasteiger partial charge in [0.25, 0.3) is 0 Å². The van der Waals surface area contributed by atoms with Crippen LogP contribution in [0, 0.1) is 0 Å². The van der Waals surface area contributed by atoms with E-state index in [1.165, 1.54) is 17.7 Å². The molecule has 0 bridgehead atoms. The number of alkyl halides is 3. The maximum atomic E-state index is 13.2. The Morgan fingerprint density at radius 3 is 2.43 bits per heavy atom. The SMILES string of the molecule is CCCC(c1ccc(C(F)(F)F)cc1)n1cc(-c2ccccc2)c2c1C(CC(=O)OCC)CCC2. The lowest BCUT2D eigenvalue weighted by Gasteiger charge is -2.29. The summed E-state index contributed by atoms with van der Waals surface area (Å²) in [5.74, 6) is -0.190. The zero-order valence-corrected chi connectivity index (χ0v) is 20.3. The Hall–Kier alpha value is -3.02. The van der Waals surface area contributed by atoms with Crippen LogP contribution in [0.15, 0.2) is 60.8 Å². The van der Waals surface area contributed by atoms with Crippen molar-refractivity contribution >= 4 is 5.97 Å². The lowest BCUT2D eigenvalue weighted by molar-refractivity contribution is -0.143. The molecule has 4 rings (SSSR count). The summed E-state index contributed by atoms with van der Waals surface area (Å²) in [5, 5.41) is 0. The molecule has 1 aliphatic rings. The number of carbonyl (C=O) groups is 1. The van der Waals surface area contributed by atoms with E-state index in [2.05, 4.69) is 29.8 Å². The quantitative estimate of drug-likeness (QED) is 0.305. The molecule has 0 amide bonds. The highest BCUT2D eigenvalue weighted by Gasteiger charge is 2.33. The van der Waals surface area contributed by atoms with Gasteiger partial charge in [-0.05, 0) is 61.4 Å². The lowest BCUT2D eigenvalue weighted by Crippen LogP contribution is -2.21. The Balaban J connectivity index is 1.84. The normalized spacial score (nSPS) is 16.5. The van der Waals surface area contributed by atoms with Gasteiger partial charge in [0, 0.05) is 23.4 Å². The number of hydrogen-bond donors (Lipinski definition) is 0. The number of carbonyl (C=O) groups excluding carboxylic acids is 1. The molecule has 0 aliphatic heterocycles. The van der Waals surface area contributed by atoms with E-state index in [1.807, 2.05) is 25.1 Å². The van der Waals surface area contributed by atoms with Gasteiger partial charge in [0.15, 0.2) is 0 Å². The second-order valence-corrected chi connectivity index (χ2v) is 9.20. The fourth-order valence-electron chi connectivity index (χ4n) is 5.34. The Morgan fingerprint density at radius 1 is 1.09 bits per heavy atom. The lowest BCUT2D eigenvalue weighted by atomic mass is 9.83. The molecule has 2 unspecified atom stereocenters. The van der Waals surface area contributed by atoms with Crippen LogP contribution in [0.1, 0.15) is 80.3 Å². The van der Waals surface area contributed by atoms with Gasteiger partial charge in [0.2, 0.25) is 0 Å². The van der Waals surface area contributed by atoms with Crippen LogP contribution in [-0.4, -0.2) is 17.1 Å². The number of ether oxygens (including phenoxy) is 1. The van der Waals surface area contributed by atoms with Crippen molar-refractivity contribution in [3.8, 4) is 11.1 Å². The topological polar surface area (TPSA) is 31.2 Å². The highest BCUT2D eigenvalue weighted by molar-refractivity contribution is 5.73. The first-order valence-corrected chi connectivity index (χ1v) is 12.4. The number of hydrogen-bond acceptors (Lipinski definition) is 2. The fraction of sp³-hybridized carbons (Fsp3) is 0.414. The van der Waals surface area contributed by atoms with Crippen molar-refractivity contribution in [2.75, 3.05) is 6.61 Å². The standard InChI is InChI=1S/C29H32F3NO2/c1-3-9-26(21-14-16-23(17-15-21)29(30,31)32)33-19-25(20-10-6-5-7-11-20)24-13-8-12-22(28(24)33)18-27(34)35-4-2/h5-7,10-11,14-17,19,22,26H,3-4,8-9,12-13,18H2,1-2H3. The predicted molar refractivity (Wildman–Crippen MR) is 131 cm³/mol. The zero-order chi connectivity index (χ0) is 25.0. The smallest absolute Gasteiger partial charge is 0.416 e. The summed E-state index contributed by atoms with van der Waals surface area (Å²) in [7, 11) is 0. The molecule has 3 aromatic rings. The van der Waals surface area contributed by atoms with Crippen LogP contribution >= 0.6 is 0 Å². The maximum absolute atomic E-state index is 13.2. The van der Waals surface area contributed by atoms with E-state index < -0.39 is 11.7 Å². The maximum Gasteiger partial charge on any atom is 0.416 e. The first-order valence-electron chi connectivity index (χ1n) is 12.4. The molecule has 186 valence electrons. The van der Waals surface area contributed by atoms with E-state index in [0.717, 1.165) is 54.5 Å². The van der Waals surface area contributed by atoms with Gasteiger partial charge >= 0.3 is 12.1 Å². The van der Waals surface area contributed by atoms with E-state index in [1.54, 1.807) is 12.1 Å². The van der Waals surface area contributed by atoms with Crippen LogP contribution in [0.4, 0.5) is 13.2 Å². The minimum atomic E-state index is -4.36. The molecule has 1 aliphatic carbocycles. The fourth-order valence-corrected chi connectivity index (χ4v) is 5.34. The third-order valence-electron chi connectivity index (χ3n) is 6.87. The van der Waals surface area contributed by atoms with Gasteiger partial charge in [-0.2, -0.15) is 13.2 Å². The molecule has 2 atom stereocenters. The molecule has 0 saturated carbocycles. The number of nitrogens with zero attached hydrogens (tertiary/aromatic N) is 1. The molecule has 0 radical (unpaired) electrons. The molecule has 1 heterocycles. The third-order valence-corrected chi connectivity index (χ3v) is 6.87. The third kappa shape index (κ3) is 5.47. The number of benzene rings is 2. The van der Waals surface area contributed by atoms with Crippen molar-refractivity contribution in [2.45, 2.75) is 70.5 Å². The van der Waals surface area contributed by atoms with Crippen LogP contribution in [0.2, 0.25) is 0 Å². The van der Waals surface area contributed by atoms with Crippen LogP contribution < -0.4 is 0 Å². The van der Waals surface area contributed by atoms with E-state index >= 15 is 0 Å². The first-order chi connectivity index (χ1) is 16.8. The van der Waals surface area contributed by atoms with Gasteiger partial charge in [0.05, 0.1) is 24.6 Å². The summed E-state index contributed by atoms with van der Waals surface area (Å²) in [6, 6.07) is 15.6. The summed E-state index contributed by atoms with van der Waals surface area (Å²) in [5.41, 5.74) is 4.82. The number of rotatable bonds is 8. The Morgan fingerprint density at radius 2 is 1.80 bits per heavy atom. The molecular weight excluding hydrogens is 451 g/mol. The van der Waals surface area contributed by atoms with Gasteiger partial charge in [-0.15, -0.1) is 0 Å². The molecule has 2 aromatic carbocycles. The molecule has 0 N–H and O–H groups in total. The van der Waals surface area contributed by atoms with Crippen LogP contribution in [0.3, 0.4) is 0 Å². The average Bonchev–Trinajstić information content (AvgIpc) is 3.23. The second-order valence-electron chi connectivity index (χ2n) is 9.20. The largest absolute Gasteiger partial charge is 0.466 e. The van der Waals surface area contributed by atoms with Crippen LogP contribution in [-0.2, 0) is 22.1 Å². The monoisotopic (exact) mass is 483 g/mol. The van der Waals surface area contributed by atoms with Crippen molar-refractivity contribution in [2.24, 2.45) is 0 Å². The number of esters is 1. The second kappa shape index (κ2) is 10.7. The Bertz CT molecular complexity index is 1130. The van der Waals surface area contributed by atoms with Gasteiger partial charge in [-0.25, -0.2) is 0 Å². The summed E-state index contributed by atoms with van der Waals surface area (Å²) in [6.07, 6.45) is 2.55. The zero-order valence-electron chi connectivity index (χ0n) is 20.3. The molecule has 0 spiro atoms. The van der Waals surface area contributed by atoms with Crippen molar-refractivity contribution in [3.05, 3.63) is 83.2 Å². The molecule has 3 nitrogen and oxygen atoms in total. The predicted octanol–water partition coefficient (Wildman–Crippen LogP) is 7.94. The number of aromatic nitrogens is 1. The number of halogens is 3. The van der Waals surface area contributed by atoms with Gasteiger partial charge in [-0.3, -0.25) is 4.79 Å². The Labute approximate surface area is 204 Å². The summed E-state index contributed by atoms with van der Waals surface area (Å²) in [6.45, 7) is 4.24. The van der Waals surface area contributed by atoms with Crippen LogP contribution in [0.5, 0.6) is 0 Å².